The van der Waals surface area contributed by atoms with E-state index in [0.717, 1.165) is 57.8 Å². The Balaban J connectivity index is 1.70. The molecule has 1 heterocycles. The van der Waals surface area contributed by atoms with Gasteiger partial charge in [-0.3, -0.25) is 4.79 Å². The molecule has 3 N–H and O–H groups in total. The van der Waals surface area contributed by atoms with Gasteiger partial charge in [0.1, 0.15) is 0 Å². The van der Waals surface area contributed by atoms with Crippen molar-refractivity contribution in [2.45, 2.75) is 123 Å². The summed E-state index contributed by atoms with van der Waals surface area (Å²) in [6.07, 6.45) is 16.5. The zero-order valence-corrected chi connectivity index (χ0v) is 21.4. The minimum Gasteiger partial charge on any atom is -0.390 e. The number of allylic oxidation sites excluding steroid dienone is 4. The number of ether oxygens (including phenoxy) is 1. The van der Waals surface area contributed by atoms with E-state index in [4.69, 9.17) is 10.5 Å². The Hall–Kier alpha value is -1.39. The molecule has 0 bridgehead atoms. The summed E-state index contributed by atoms with van der Waals surface area (Å²) in [6.45, 7) is 12.7. The van der Waals surface area contributed by atoms with Crippen LogP contribution in [0.25, 0.3) is 0 Å². The molecule has 0 spiro atoms. The lowest BCUT2D eigenvalue weighted by Crippen LogP contribution is -2.43. The van der Waals surface area contributed by atoms with Crippen molar-refractivity contribution in [2.24, 2.45) is 17.6 Å². The maximum Gasteiger partial charge on any atom is 0.220 e. The van der Waals surface area contributed by atoms with E-state index in [9.17, 15) is 9.90 Å². The number of primary amides is 1. The van der Waals surface area contributed by atoms with E-state index in [2.05, 4.69) is 45.9 Å². The Bertz CT molecular complexity index is 733. The molecule has 0 saturated carbocycles. The molecule has 1 saturated heterocycles. The lowest BCUT2D eigenvalue weighted by molar-refractivity contribution is -0.121. The molecule has 182 valence electrons. The van der Waals surface area contributed by atoms with Crippen LogP contribution in [0.1, 0.15) is 106 Å². The molecule has 5 atom stereocenters. The van der Waals surface area contributed by atoms with Crippen molar-refractivity contribution < 1.29 is 14.6 Å². The van der Waals surface area contributed by atoms with Gasteiger partial charge in [-0.2, -0.15) is 0 Å². The Morgan fingerprint density at radius 3 is 2.75 bits per heavy atom. The zero-order chi connectivity index (χ0) is 23.9. The van der Waals surface area contributed by atoms with E-state index in [1.165, 1.54) is 16.7 Å². The summed E-state index contributed by atoms with van der Waals surface area (Å²) >= 11 is 0. The monoisotopic (exact) mass is 445 g/mol. The molecule has 2 rings (SSSR count). The average molecular weight is 446 g/mol. The quantitative estimate of drug-likeness (QED) is 0.342. The van der Waals surface area contributed by atoms with Gasteiger partial charge in [0.15, 0.2) is 0 Å². The Labute approximate surface area is 196 Å². The first-order chi connectivity index (χ1) is 14.9. The van der Waals surface area contributed by atoms with Gasteiger partial charge in [0.05, 0.1) is 17.3 Å². The molecule has 2 aliphatic rings. The van der Waals surface area contributed by atoms with Crippen molar-refractivity contribution in [1.29, 1.82) is 0 Å². The number of hydrogen-bond acceptors (Lipinski definition) is 3. The van der Waals surface area contributed by atoms with E-state index < -0.39 is 5.60 Å². The largest absolute Gasteiger partial charge is 0.390 e. The molecular weight excluding hydrogens is 398 g/mol. The topological polar surface area (TPSA) is 72.5 Å². The summed E-state index contributed by atoms with van der Waals surface area (Å²) in [6, 6.07) is 0. The smallest absolute Gasteiger partial charge is 0.220 e. The van der Waals surface area contributed by atoms with E-state index in [1.807, 2.05) is 13.8 Å². The summed E-state index contributed by atoms with van der Waals surface area (Å²) in [4.78, 5) is 11.1. The molecule has 1 fully saturated rings. The maximum atomic E-state index is 11.1. The van der Waals surface area contributed by atoms with Crippen LogP contribution < -0.4 is 5.73 Å². The third-order valence-corrected chi connectivity index (χ3v) is 7.74. The Kier molecular flexibility index (Phi) is 9.78. The van der Waals surface area contributed by atoms with Crippen molar-refractivity contribution >= 4 is 5.91 Å². The first kappa shape index (κ1) is 26.9. The molecule has 0 radical (unpaired) electrons. The molecule has 1 aliphatic carbocycles. The standard InChI is InChI=1S/C28H47NO3/c1-20(10-7-16-27(5,31)17-9-12-22(3)26(29)30)11-8-18-28(6)19-15-24-14-13-21(2)23(4)25(24)32-28/h11,13-14,22-23,25,31H,7-10,12,15-19H2,1-6H3,(H2,29,30)/b20-11+. The Morgan fingerprint density at radius 1 is 1.38 bits per heavy atom. The van der Waals surface area contributed by atoms with Crippen LogP contribution >= 0.6 is 0 Å². The fourth-order valence-electron chi connectivity index (χ4n) is 4.94. The molecule has 0 aromatic carbocycles. The van der Waals surface area contributed by atoms with E-state index in [1.54, 1.807) is 0 Å². The highest BCUT2D eigenvalue weighted by Crippen LogP contribution is 2.41. The summed E-state index contributed by atoms with van der Waals surface area (Å²) in [5.74, 6) is 0.101. The fourth-order valence-corrected chi connectivity index (χ4v) is 4.94. The van der Waals surface area contributed by atoms with Crippen molar-refractivity contribution in [3.63, 3.8) is 0 Å². The van der Waals surface area contributed by atoms with Crippen LogP contribution in [0.15, 0.2) is 34.9 Å². The van der Waals surface area contributed by atoms with Gasteiger partial charge in [-0.05, 0) is 97.5 Å². The molecule has 1 amide bonds. The lowest BCUT2D eigenvalue weighted by atomic mass is 9.78. The van der Waals surface area contributed by atoms with Gasteiger partial charge in [-0.15, -0.1) is 0 Å². The molecule has 0 aromatic rings. The van der Waals surface area contributed by atoms with Crippen molar-refractivity contribution in [3.8, 4) is 0 Å². The van der Waals surface area contributed by atoms with Gasteiger partial charge < -0.3 is 15.6 Å². The molecule has 5 unspecified atom stereocenters. The number of rotatable bonds is 12. The van der Waals surface area contributed by atoms with Crippen LogP contribution in [-0.4, -0.2) is 28.3 Å². The summed E-state index contributed by atoms with van der Waals surface area (Å²) in [7, 11) is 0. The van der Waals surface area contributed by atoms with E-state index in [0.29, 0.717) is 12.3 Å². The van der Waals surface area contributed by atoms with Crippen molar-refractivity contribution in [3.05, 3.63) is 34.9 Å². The second-order valence-electron chi connectivity index (χ2n) is 11.1. The summed E-state index contributed by atoms with van der Waals surface area (Å²) < 4.78 is 6.64. The number of carbonyl (C=O) groups is 1. The van der Waals surface area contributed by atoms with Crippen LogP contribution in [0.5, 0.6) is 0 Å². The normalized spacial score (nSPS) is 28.9. The molecule has 0 aromatic heterocycles. The minimum absolute atomic E-state index is 0.0453. The maximum absolute atomic E-state index is 11.1. The van der Waals surface area contributed by atoms with E-state index >= 15 is 0 Å². The van der Waals surface area contributed by atoms with Crippen LogP contribution in [0.2, 0.25) is 0 Å². The molecule has 32 heavy (non-hydrogen) atoms. The number of hydrogen-bond donors (Lipinski definition) is 2. The van der Waals surface area contributed by atoms with Gasteiger partial charge in [-0.25, -0.2) is 0 Å². The second kappa shape index (κ2) is 11.7. The van der Waals surface area contributed by atoms with Gasteiger partial charge >= 0.3 is 0 Å². The van der Waals surface area contributed by atoms with Gasteiger partial charge in [0.25, 0.3) is 0 Å². The van der Waals surface area contributed by atoms with Crippen LogP contribution in [0.3, 0.4) is 0 Å². The van der Waals surface area contributed by atoms with Crippen LogP contribution in [-0.2, 0) is 9.53 Å². The fraction of sp³-hybridized carbons (Fsp3) is 0.750. The molecular formula is C28H47NO3. The number of fused-ring (bicyclic) bond motifs is 1. The van der Waals surface area contributed by atoms with Gasteiger partial charge in [-0.1, -0.05) is 43.2 Å². The van der Waals surface area contributed by atoms with Crippen molar-refractivity contribution in [2.75, 3.05) is 0 Å². The highest BCUT2D eigenvalue weighted by molar-refractivity contribution is 5.76. The zero-order valence-electron chi connectivity index (χ0n) is 21.4. The summed E-state index contributed by atoms with van der Waals surface area (Å²) in [5.41, 5.74) is 8.87. The third-order valence-electron chi connectivity index (χ3n) is 7.74. The average Bonchev–Trinajstić information content (AvgIpc) is 2.70. The van der Waals surface area contributed by atoms with Crippen LogP contribution in [0.4, 0.5) is 0 Å². The second-order valence-corrected chi connectivity index (χ2v) is 11.1. The van der Waals surface area contributed by atoms with E-state index in [-0.39, 0.29) is 23.5 Å². The predicted octanol–water partition coefficient (Wildman–Crippen LogP) is 6.39. The molecule has 4 nitrogen and oxygen atoms in total. The highest BCUT2D eigenvalue weighted by atomic mass is 16.5. The Morgan fingerprint density at radius 2 is 2.06 bits per heavy atom. The highest BCUT2D eigenvalue weighted by Gasteiger charge is 2.38. The number of aliphatic hydroxyl groups is 1. The number of amides is 1. The first-order valence-electron chi connectivity index (χ1n) is 12.6. The van der Waals surface area contributed by atoms with Gasteiger partial charge in [0, 0.05) is 11.8 Å². The van der Waals surface area contributed by atoms with Gasteiger partial charge in [0.2, 0.25) is 5.91 Å². The third kappa shape index (κ3) is 8.19. The lowest BCUT2D eigenvalue weighted by Gasteiger charge is -2.44. The van der Waals surface area contributed by atoms with Crippen LogP contribution in [0, 0.1) is 11.8 Å². The number of nitrogens with two attached hydrogens (primary N) is 1. The SMILES string of the molecule is CC1=CC=C2CCC(C)(CC/C=C(\C)CCCC(C)(O)CCCC(C)C(N)=O)OC2C1C. The number of carbonyl (C=O) groups excluding carboxylic acids is 1. The minimum atomic E-state index is -0.671. The molecule has 1 aliphatic heterocycles. The van der Waals surface area contributed by atoms with Crippen molar-refractivity contribution in [1.82, 2.24) is 0 Å². The summed E-state index contributed by atoms with van der Waals surface area (Å²) in [5, 5.41) is 10.6. The first-order valence-corrected chi connectivity index (χ1v) is 12.6. The predicted molar refractivity (Wildman–Crippen MR) is 133 cm³/mol. The molecule has 4 heteroatoms.